The molecule has 1 aliphatic heterocycles. The zero-order valence-electron chi connectivity index (χ0n) is 10.8. The van der Waals surface area contributed by atoms with E-state index < -0.39 is 11.3 Å². The minimum atomic E-state index is -0.858. The molecule has 2 rings (SSSR count). The summed E-state index contributed by atoms with van der Waals surface area (Å²) in [5.74, 6) is -0.403. The average Bonchev–Trinajstić information content (AvgIpc) is 2.44. The Hall–Kier alpha value is -2.27. The van der Waals surface area contributed by atoms with Crippen molar-refractivity contribution >= 4 is 41.7 Å². The van der Waals surface area contributed by atoms with Gasteiger partial charge in [0.1, 0.15) is 5.71 Å². The summed E-state index contributed by atoms with van der Waals surface area (Å²) in [5, 5.41) is 10.6. The van der Waals surface area contributed by atoms with Gasteiger partial charge in [0.25, 0.3) is 5.91 Å². The summed E-state index contributed by atoms with van der Waals surface area (Å²) >= 11 is 5.86. The molecule has 1 aliphatic rings. The molecule has 0 aliphatic carbocycles. The summed E-state index contributed by atoms with van der Waals surface area (Å²) in [5.41, 5.74) is 4.58. The van der Waals surface area contributed by atoms with E-state index in [4.69, 9.17) is 11.6 Å². The Morgan fingerprint density at radius 1 is 1.40 bits per heavy atom. The fraction of sp³-hybridized carbons (Fsp3) is 0.143. The maximum atomic E-state index is 11.2. The number of amides is 1. The predicted molar refractivity (Wildman–Crippen MR) is 82.3 cm³/mol. The fourth-order valence-electron chi connectivity index (χ4n) is 1.53. The van der Waals surface area contributed by atoms with Gasteiger partial charge in [0.2, 0.25) is 0 Å². The molecule has 1 aromatic rings. The minimum absolute atomic E-state index is 0.319. The first-order valence-electron chi connectivity index (χ1n) is 5.98. The third-order valence-electron chi connectivity index (χ3n) is 2.49. The minimum Gasteiger partial charge on any atom is -0.271 e. The summed E-state index contributed by atoms with van der Waals surface area (Å²) < 4.78 is 0. The van der Waals surface area contributed by atoms with Crippen molar-refractivity contribution in [2.75, 3.05) is 0 Å². The van der Waals surface area contributed by atoms with Crippen LogP contribution >= 0.6 is 11.6 Å². The molecule has 102 valence electrons. The lowest BCUT2D eigenvalue weighted by Gasteiger charge is -2.10. The van der Waals surface area contributed by atoms with Crippen molar-refractivity contribution in [1.29, 1.82) is 0 Å². The predicted octanol–water partition coefficient (Wildman–Crippen LogP) is 2.24. The number of halogens is 1. The number of carbonyl (C=O) groups is 1. The van der Waals surface area contributed by atoms with Gasteiger partial charge in [0.05, 0.1) is 12.4 Å². The summed E-state index contributed by atoms with van der Waals surface area (Å²) in [6.07, 6.45) is 4.96. The molecular weight excluding hydrogens is 276 g/mol. The standard InChI is InChI=1S/C14H13ClN4O/c1-10(7-11-5-3-2-4-6-11)8-16-18-12-9-17-19-14(20)13(12)15/h2-9,13H,1H3,(H,19,20)/b10-7+,16-8-,18-12-. The maximum Gasteiger partial charge on any atom is 0.264 e. The zero-order chi connectivity index (χ0) is 14.4. The number of alkyl halides is 1. The van der Waals surface area contributed by atoms with Crippen LogP contribution in [0.4, 0.5) is 0 Å². The topological polar surface area (TPSA) is 66.2 Å². The van der Waals surface area contributed by atoms with E-state index in [0.29, 0.717) is 5.71 Å². The van der Waals surface area contributed by atoms with Crippen LogP contribution in [0.3, 0.4) is 0 Å². The number of allylic oxidation sites excluding steroid dienone is 1. The van der Waals surface area contributed by atoms with E-state index in [2.05, 4.69) is 20.7 Å². The van der Waals surface area contributed by atoms with E-state index in [1.165, 1.54) is 6.21 Å². The highest BCUT2D eigenvalue weighted by molar-refractivity contribution is 6.54. The molecule has 5 nitrogen and oxygen atoms in total. The van der Waals surface area contributed by atoms with Crippen LogP contribution in [0, 0.1) is 0 Å². The molecule has 0 fully saturated rings. The quantitative estimate of drug-likeness (QED) is 0.517. The Morgan fingerprint density at radius 2 is 2.15 bits per heavy atom. The molecule has 0 radical (unpaired) electrons. The Kier molecular flexibility index (Phi) is 4.79. The van der Waals surface area contributed by atoms with Gasteiger partial charge in [-0.15, -0.1) is 11.6 Å². The number of nitrogens with one attached hydrogen (secondary N) is 1. The monoisotopic (exact) mass is 288 g/mol. The highest BCUT2D eigenvalue weighted by atomic mass is 35.5. The Balaban J connectivity index is 2.06. The van der Waals surface area contributed by atoms with Crippen LogP contribution in [0.25, 0.3) is 6.08 Å². The van der Waals surface area contributed by atoms with E-state index in [9.17, 15) is 4.79 Å². The molecular formula is C14H13ClN4O. The molecule has 0 aromatic heterocycles. The van der Waals surface area contributed by atoms with Gasteiger partial charge in [0.15, 0.2) is 5.38 Å². The molecule has 1 amide bonds. The number of carbonyl (C=O) groups excluding carboxylic acids is 1. The number of nitrogens with zero attached hydrogens (tertiary/aromatic N) is 3. The first-order valence-corrected chi connectivity index (χ1v) is 6.42. The average molecular weight is 289 g/mol. The van der Waals surface area contributed by atoms with Crippen molar-refractivity contribution in [1.82, 2.24) is 5.43 Å². The second-order valence-electron chi connectivity index (χ2n) is 4.17. The van der Waals surface area contributed by atoms with E-state index in [1.54, 1.807) is 6.21 Å². The van der Waals surface area contributed by atoms with Gasteiger partial charge in [-0.25, -0.2) is 5.43 Å². The molecule has 6 heteroatoms. The van der Waals surface area contributed by atoms with Crippen LogP contribution in [-0.2, 0) is 4.79 Å². The highest BCUT2D eigenvalue weighted by Crippen LogP contribution is 2.05. The second-order valence-corrected chi connectivity index (χ2v) is 4.60. The Morgan fingerprint density at radius 3 is 2.90 bits per heavy atom. The van der Waals surface area contributed by atoms with Gasteiger partial charge in [-0.1, -0.05) is 36.4 Å². The molecule has 1 aromatic carbocycles. The number of hydrogen-bond donors (Lipinski definition) is 1. The van der Waals surface area contributed by atoms with Crippen molar-refractivity contribution in [3.63, 3.8) is 0 Å². The fourth-order valence-corrected chi connectivity index (χ4v) is 1.68. The number of hydrazone groups is 1. The first-order chi connectivity index (χ1) is 9.66. The third kappa shape index (κ3) is 3.86. The van der Waals surface area contributed by atoms with Crippen molar-refractivity contribution in [2.45, 2.75) is 12.3 Å². The van der Waals surface area contributed by atoms with Gasteiger partial charge in [-0.05, 0) is 18.1 Å². The van der Waals surface area contributed by atoms with E-state index >= 15 is 0 Å². The smallest absolute Gasteiger partial charge is 0.264 e. The van der Waals surface area contributed by atoms with E-state index in [-0.39, 0.29) is 0 Å². The normalized spacial score (nSPS) is 21.5. The Bertz CT molecular complexity index is 605. The molecule has 0 spiro atoms. The van der Waals surface area contributed by atoms with Crippen molar-refractivity contribution < 1.29 is 4.79 Å². The molecule has 0 saturated carbocycles. The van der Waals surface area contributed by atoms with Crippen LogP contribution in [0.2, 0.25) is 0 Å². The highest BCUT2D eigenvalue weighted by Gasteiger charge is 2.23. The van der Waals surface area contributed by atoms with Crippen LogP contribution < -0.4 is 5.43 Å². The van der Waals surface area contributed by atoms with Crippen LogP contribution in [0.15, 0.2) is 51.2 Å². The number of benzene rings is 1. The largest absolute Gasteiger partial charge is 0.271 e. The van der Waals surface area contributed by atoms with Crippen LogP contribution in [-0.4, -0.2) is 29.4 Å². The molecule has 0 saturated heterocycles. The van der Waals surface area contributed by atoms with Crippen molar-refractivity contribution in [3.05, 3.63) is 41.5 Å². The first kappa shape index (κ1) is 14.1. The number of rotatable bonds is 3. The summed E-state index contributed by atoms with van der Waals surface area (Å²) in [6.45, 7) is 1.91. The zero-order valence-corrected chi connectivity index (χ0v) is 11.6. The van der Waals surface area contributed by atoms with Crippen LogP contribution in [0.1, 0.15) is 12.5 Å². The number of hydrogen-bond acceptors (Lipinski definition) is 4. The summed E-state index contributed by atoms with van der Waals surface area (Å²) in [6, 6.07) is 9.88. The molecule has 0 bridgehead atoms. The van der Waals surface area contributed by atoms with Gasteiger partial charge in [-0.2, -0.15) is 15.3 Å². The van der Waals surface area contributed by atoms with Crippen LogP contribution in [0.5, 0.6) is 0 Å². The SMILES string of the molecule is CC(/C=N\N=C1\C=NNC(=O)C1Cl)=C\c1ccccc1. The van der Waals surface area contributed by atoms with Gasteiger partial charge >= 0.3 is 0 Å². The molecule has 1 unspecified atom stereocenters. The van der Waals surface area contributed by atoms with Gasteiger partial charge < -0.3 is 0 Å². The van der Waals surface area contributed by atoms with Crippen molar-refractivity contribution in [3.8, 4) is 0 Å². The Labute approximate surface area is 121 Å². The lowest BCUT2D eigenvalue weighted by Crippen LogP contribution is -2.38. The lowest BCUT2D eigenvalue weighted by atomic mass is 10.1. The maximum absolute atomic E-state index is 11.2. The van der Waals surface area contributed by atoms with E-state index in [0.717, 1.165) is 11.1 Å². The van der Waals surface area contributed by atoms with Crippen molar-refractivity contribution in [2.24, 2.45) is 15.3 Å². The molecule has 20 heavy (non-hydrogen) atoms. The summed E-state index contributed by atoms with van der Waals surface area (Å²) in [7, 11) is 0. The second kappa shape index (κ2) is 6.77. The lowest BCUT2D eigenvalue weighted by molar-refractivity contribution is -0.119. The molecule has 1 atom stereocenters. The summed E-state index contributed by atoms with van der Waals surface area (Å²) in [4.78, 5) is 11.2. The molecule has 1 heterocycles. The molecule has 1 N–H and O–H groups in total. The van der Waals surface area contributed by atoms with Gasteiger partial charge in [0, 0.05) is 0 Å². The van der Waals surface area contributed by atoms with Gasteiger partial charge in [-0.3, -0.25) is 4.79 Å². The third-order valence-corrected chi connectivity index (χ3v) is 2.91. The van der Waals surface area contributed by atoms with E-state index in [1.807, 2.05) is 43.3 Å².